The van der Waals surface area contributed by atoms with Crippen molar-refractivity contribution in [3.63, 3.8) is 0 Å². The van der Waals surface area contributed by atoms with Crippen molar-refractivity contribution in [2.45, 2.75) is 26.7 Å². The molecule has 0 saturated heterocycles. The van der Waals surface area contributed by atoms with Crippen molar-refractivity contribution in [1.82, 2.24) is 0 Å². The minimum Gasteiger partial charge on any atom is -0.491 e. The number of rotatable bonds is 7. The standard InChI is InChI=1S/C14H22ClNO2/c1-10(2)12-9-14(11(3)8-13(12)15)18-7-6-17-5-4-16/h8-10H,4-7,16H2,1-3H3. The quantitative estimate of drug-likeness (QED) is 0.775. The predicted octanol–water partition coefficient (Wildman–Crippen LogP) is 3.13. The molecule has 0 spiro atoms. The highest BCUT2D eigenvalue weighted by molar-refractivity contribution is 6.31. The summed E-state index contributed by atoms with van der Waals surface area (Å²) in [5.41, 5.74) is 7.49. The summed E-state index contributed by atoms with van der Waals surface area (Å²) in [7, 11) is 0. The average molecular weight is 272 g/mol. The molecule has 0 atom stereocenters. The fourth-order valence-electron chi connectivity index (χ4n) is 1.66. The van der Waals surface area contributed by atoms with E-state index in [-0.39, 0.29) is 0 Å². The van der Waals surface area contributed by atoms with Crippen molar-refractivity contribution in [2.24, 2.45) is 5.73 Å². The Bertz CT molecular complexity index is 380. The molecule has 0 aromatic heterocycles. The molecule has 0 heterocycles. The van der Waals surface area contributed by atoms with E-state index >= 15 is 0 Å². The first kappa shape index (κ1) is 15.3. The fourth-order valence-corrected chi connectivity index (χ4v) is 2.10. The molecule has 0 aliphatic rings. The van der Waals surface area contributed by atoms with Crippen LogP contribution in [0.25, 0.3) is 0 Å². The zero-order chi connectivity index (χ0) is 13.5. The van der Waals surface area contributed by atoms with E-state index < -0.39 is 0 Å². The second-order valence-electron chi connectivity index (χ2n) is 4.54. The summed E-state index contributed by atoms with van der Waals surface area (Å²) in [6.07, 6.45) is 0. The van der Waals surface area contributed by atoms with E-state index in [9.17, 15) is 0 Å². The van der Waals surface area contributed by atoms with Gasteiger partial charge in [0, 0.05) is 11.6 Å². The SMILES string of the molecule is Cc1cc(Cl)c(C(C)C)cc1OCCOCCN. The maximum Gasteiger partial charge on any atom is 0.122 e. The number of hydrogen-bond donors (Lipinski definition) is 1. The first-order valence-corrected chi connectivity index (χ1v) is 6.64. The fraction of sp³-hybridized carbons (Fsp3) is 0.571. The van der Waals surface area contributed by atoms with Crippen LogP contribution in [0.2, 0.25) is 5.02 Å². The summed E-state index contributed by atoms with van der Waals surface area (Å²) in [4.78, 5) is 0. The minimum atomic E-state index is 0.383. The summed E-state index contributed by atoms with van der Waals surface area (Å²) in [5, 5.41) is 0.800. The molecule has 102 valence electrons. The lowest BCUT2D eigenvalue weighted by Crippen LogP contribution is -2.13. The number of halogens is 1. The Morgan fingerprint density at radius 3 is 2.56 bits per heavy atom. The highest BCUT2D eigenvalue weighted by atomic mass is 35.5. The molecule has 0 fully saturated rings. The number of nitrogens with two attached hydrogens (primary N) is 1. The van der Waals surface area contributed by atoms with Gasteiger partial charge >= 0.3 is 0 Å². The molecule has 2 N–H and O–H groups in total. The van der Waals surface area contributed by atoms with Gasteiger partial charge in [0.2, 0.25) is 0 Å². The minimum absolute atomic E-state index is 0.383. The van der Waals surface area contributed by atoms with Gasteiger partial charge in [0.05, 0.1) is 13.2 Å². The van der Waals surface area contributed by atoms with E-state index in [2.05, 4.69) is 13.8 Å². The Balaban J connectivity index is 2.62. The number of aryl methyl sites for hydroxylation is 1. The molecule has 0 bridgehead atoms. The van der Waals surface area contributed by atoms with Crippen LogP contribution in [0.3, 0.4) is 0 Å². The van der Waals surface area contributed by atoms with E-state index in [1.54, 1.807) is 0 Å². The highest BCUT2D eigenvalue weighted by Gasteiger charge is 2.09. The van der Waals surface area contributed by atoms with Crippen LogP contribution in [0.4, 0.5) is 0 Å². The summed E-state index contributed by atoms with van der Waals surface area (Å²) in [6, 6.07) is 3.97. The largest absolute Gasteiger partial charge is 0.491 e. The smallest absolute Gasteiger partial charge is 0.122 e. The van der Waals surface area contributed by atoms with Crippen LogP contribution in [-0.4, -0.2) is 26.4 Å². The van der Waals surface area contributed by atoms with Gasteiger partial charge in [-0.2, -0.15) is 0 Å². The van der Waals surface area contributed by atoms with E-state index in [0.29, 0.717) is 32.3 Å². The second-order valence-corrected chi connectivity index (χ2v) is 4.95. The van der Waals surface area contributed by atoms with Crippen LogP contribution in [-0.2, 0) is 4.74 Å². The molecule has 4 heteroatoms. The molecule has 3 nitrogen and oxygen atoms in total. The van der Waals surface area contributed by atoms with Crippen molar-refractivity contribution in [1.29, 1.82) is 0 Å². The lowest BCUT2D eigenvalue weighted by molar-refractivity contribution is 0.105. The third kappa shape index (κ3) is 4.48. The van der Waals surface area contributed by atoms with Crippen LogP contribution < -0.4 is 10.5 Å². The monoisotopic (exact) mass is 271 g/mol. The van der Waals surface area contributed by atoms with Crippen molar-refractivity contribution < 1.29 is 9.47 Å². The lowest BCUT2D eigenvalue weighted by Gasteiger charge is -2.14. The molecular formula is C14H22ClNO2. The average Bonchev–Trinajstić information content (AvgIpc) is 2.30. The Labute approximate surface area is 114 Å². The van der Waals surface area contributed by atoms with Gasteiger partial charge in [-0.3, -0.25) is 0 Å². The number of benzene rings is 1. The predicted molar refractivity (Wildman–Crippen MR) is 75.6 cm³/mol. The van der Waals surface area contributed by atoms with Crippen molar-refractivity contribution >= 4 is 11.6 Å². The summed E-state index contributed by atoms with van der Waals surface area (Å²) in [6.45, 7) is 8.41. The van der Waals surface area contributed by atoms with Crippen LogP contribution in [0.5, 0.6) is 5.75 Å². The summed E-state index contributed by atoms with van der Waals surface area (Å²) < 4.78 is 11.0. The Morgan fingerprint density at radius 2 is 1.94 bits per heavy atom. The van der Waals surface area contributed by atoms with Gasteiger partial charge in [-0.1, -0.05) is 25.4 Å². The van der Waals surface area contributed by atoms with E-state index in [4.69, 9.17) is 26.8 Å². The molecule has 0 aliphatic carbocycles. The normalized spacial score (nSPS) is 11.0. The van der Waals surface area contributed by atoms with Crippen LogP contribution >= 0.6 is 11.6 Å². The van der Waals surface area contributed by atoms with Gasteiger partial charge in [0.15, 0.2) is 0 Å². The molecule has 0 amide bonds. The molecular weight excluding hydrogens is 250 g/mol. The molecule has 1 aromatic rings. The Kier molecular flexibility index (Phi) is 6.47. The number of ether oxygens (including phenoxy) is 2. The van der Waals surface area contributed by atoms with E-state index in [1.807, 2.05) is 19.1 Å². The third-order valence-electron chi connectivity index (χ3n) is 2.66. The lowest BCUT2D eigenvalue weighted by atomic mass is 10.0. The third-order valence-corrected chi connectivity index (χ3v) is 2.99. The van der Waals surface area contributed by atoms with Crippen molar-refractivity contribution in [3.8, 4) is 5.75 Å². The van der Waals surface area contributed by atoms with Gasteiger partial charge in [-0.25, -0.2) is 0 Å². The van der Waals surface area contributed by atoms with Crippen LogP contribution in [0, 0.1) is 6.92 Å². The van der Waals surface area contributed by atoms with Crippen LogP contribution in [0.1, 0.15) is 30.9 Å². The van der Waals surface area contributed by atoms with Gasteiger partial charge in [0.1, 0.15) is 12.4 Å². The summed E-state index contributed by atoms with van der Waals surface area (Å²) >= 11 is 6.20. The topological polar surface area (TPSA) is 44.5 Å². The maximum atomic E-state index is 6.20. The van der Waals surface area contributed by atoms with Crippen molar-refractivity contribution in [2.75, 3.05) is 26.4 Å². The van der Waals surface area contributed by atoms with Gasteiger partial charge in [-0.05, 0) is 36.1 Å². The van der Waals surface area contributed by atoms with Crippen molar-refractivity contribution in [3.05, 3.63) is 28.3 Å². The molecule has 1 aromatic carbocycles. The maximum absolute atomic E-state index is 6.20. The first-order chi connectivity index (χ1) is 8.56. The molecule has 18 heavy (non-hydrogen) atoms. The number of hydrogen-bond acceptors (Lipinski definition) is 3. The zero-order valence-electron chi connectivity index (χ0n) is 11.3. The molecule has 0 saturated carbocycles. The summed E-state index contributed by atoms with van der Waals surface area (Å²) in [5.74, 6) is 1.26. The van der Waals surface area contributed by atoms with Gasteiger partial charge in [-0.15, -0.1) is 0 Å². The van der Waals surface area contributed by atoms with Crippen LogP contribution in [0.15, 0.2) is 12.1 Å². The first-order valence-electron chi connectivity index (χ1n) is 6.27. The molecule has 0 unspecified atom stereocenters. The Morgan fingerprint density at radius 1 is 1.22 bits per heavy atom. The van der Waals surface area contributed by atoms with E-state index in [0.717, 1.165) is 21.9 Å². The van der Waals surface area contributed by atoms with Gasteiger partial charge < -0.3 is 15.2 Å². The second kappa shape index (κ2) is 7.62. The Hall–Kier alpha value is -0.770. The highest BCUT2D eigenvalue weighted by Crippen LogP contribution is 2.31. The van der Waals surface area contributed by atoms with E-state index in [1.165, 1.54) is 0 Å². The van der Waals surface area contributed by atoms with Gasteiger partial charge in [0.25, 0.3) is 0 Å². The molecule has 0 radical (unpaired) electrons. The zero-order valence-corrected chi connectivity index (χ0v) is 12.1. The molecule has 0 aliphatic heterocycles. The molecule has 1 rings (SSSR count).